The number of carbonyl (C=O) groups is 1. The Labute approximate surface area is 99.3 Å². The van der Waals surface area contributed by atoms with Gasteiger partial charge in [-0.1, -0.05) is 6.42 Å². The fraction of sp³-hybridized carbons (Fsp3) is 0.500. The summed E-state index contributed by atoms with van der Waals surface area (Å²) in [5.74, 6) is -1.16. The zero-order chi connectivity index (χ0) is 12.5. The second-order valence-corrected chi connectivity index (χ2v) is 5.96. The molecule has 1 aliphatic heterocycles. The van der Waals surface area contributed by atoms with E-state index in [0.717, 1.165) is 25.3 Å². The van der Waals surface area contributed by atoms with Gasteiger partial charge in [0.1, 0.15) is 10.6 Å². The molecule has 2 rings (SSSR count). The van der Waals surface area contributed by atoms with Crippen LogP contribution in [0.3, 0.4) is 0 Å². The third-order valence-electron chi connectivity index (χ3n) is 2.84. The van der Waals surface area contributed by atoms with Gasteiger partial charge in [-0.25, -0.2) is 13.2 Å². The summed E-state index contributed by atoms with van der Waals surface area (Å²) in [6.45, 7) is 1.02. The first-order valence-electron chi connectivity index (χ1n) is 5.43. The van der Waals surface area contributed by atoms with Gasteiger partial charge in [-0.05, 0) is 18.9 Å². The number of aromatic carboxylic acids is 1. The van der Waals surface area contributed by atoms with Crippen molar-refractivity contribution in [2.75, 3.05) is 13.1 Å². The molecule has 1 fully saturated rings. The summed E-state index contributed by atoms with van der Waals surface area (Å²) in [5.41, 5.74) is -0.111. The predicted octanol–water partition coefficient (Wildman–Crippen LogP) is 0.887. The minimum Gasteiger partial charge on any atom is -0.477 e. The maximum absolute atomic E-state index is 12.1. The summed E-state index contributed by atoms with van der Waals surface area (Å²) in [5, 5.41) is 8.73. The molecular formula is C10H14N2O4S. The molecule has 2 N–H and O–H groups in total. The van der Waals surface area contributed by atoms with Crippen molar-refractivity contribution >= 4 is 16.0 Å². The van der Waals surface area contributed by atoms with Crippen LogP contribution in [0.2, 0.25) is 0 Å². The van der Waals surface area contributed by atoms with E-state index in [1.165, 1.54) is 10.5 Å². The third-order valence-corrected chi connectivity index (χ3v) is 4.72. The van der Waals surface area contributed by atoms with Crippen LogP contribution in [0, 0.1) is 0 Å². The first-order chi connectivity index (χ1) is 8.01. The second-order valence-electron chi connectivity index (χ2n) is 4.02. The molecule has 2 heterocycles. The Morgan fingerprint density at radius 2 is 1.94 bits per heavy atom. The Hall–Kier alpha value is -1.34. The highest BCUT2D eigenvalue weighted by Crippen LogP contribution is 2.20. The number of carboxylic acids is 1. The van der Waals surface area contributed by atoms with E-state index in [9.17, 15) is 13.2 Å². The van der Waals surface area contributed by atoms with Crippen LogP contribution in [0.4, 0.5) is 0 Å². The maximum Gasteiger partial charge on any atom is 0.352 e. The Balaban J connectivity index is 2.27. The van der Waals surface area contributed by atoms with E-state index < -0.39 is 16.0 Å². The highest BCUT2D eigenvalue weighted by molar-refractivity contribution is 7.89. The van der Waals surface area contributed by atoms with Gasteiger partial charge in [-0.2, -0.15) is 4.31 Å². The van der Waals surface area contributed by atoms with Crippen LogP contribution in [0.1, 0.15) is 29.8 Å². The lowest BCUT2D eigenvalue weighted by molar-refractivity contribution is 0.0691. The van der Waals surface area contributed by atoms with Crippen LogP contribution in [-0.2, 0) is 10.0 Å². The Morgan fingerprint density at radius 1 is 1.29 bits per heavy atom. The van der Waals surface area contributed by atoms with Crippen LogP contribution in [0.5, 0.6) is 0 Å². The minimum atomic E-state index is -3.54. The van der Waals surface area contributed by atoms with Gasteiger partial charge >= 0.3 is 5.97 Å². The SMILES string of the molecule is O=C(O)c1cc(S(=O)(=O)N2CCCCC2)c[nH]1. The van der Waals surface area contributed by atoms with Crippen LogP contribution in [0.25, 0.3) is 0 Å². The lowest BCUT2D eigenvalue weighted by Crippen LogP contribution is -2.35. The molecule has 0 amide bonds. The molecule has 17 heavy (non-hydrogen) atoms. The van der Waals surface area contributed by atoms with Crippen molar-refractivity contribution in [3.8, 4) is 0 Å². The van der Waals surface area contributed by atoms with Crippen molar-refractivity contribution < 1.29 is 18.3 Å². The van der Waals surface area contributed by atoms with E-state index in [2.05, 4.69) is 4.98 Å². The molecule has 0 aliphatic carbocycles. The highest BCUT2D eigenvalue weighted by Gasteiger charge is 2.27. The van der Waals surface area contributed by atoms with Crippen molar-refractivity contribution in [1.29, 1.82) is 0 Å². The second kappa shape index (κ2) is 4.50. The number of aromatic amines is 1. The number of nitrogens with zero attached hydrogens (tertiary/aromatic N) is 1. The zero-order valence-corrected chi connectivity index (χ0v) is 10.0. The van der Waals surface area contributed by atoms with Crippen LogP contribution in [-0.4, -0.2) is 41.9 Å². The average Bonchev–Trinajstić information content (AvgIpc) is 2.80. The predicted molar refractivity (Wildman–Crippen MR) is 60.4 cm³/mol. The van der Waals surface area contributed by atoms with E-state index in [0.29, 0.717) is 13.1 Å². The standard InChI is InChI=1S/C10H14N2O4S/c13-10(14)9-6-8(7-11-9)17(15,16)12-4-2-1-3-5-12/h6-7,11H,1-5H2,(H,13,14). The van der Waals surface area contributed by atoms with Gasteiger partial charge in [-0.15, -0.1) is 0 Å². The largest absolute Gasteiger partial charge is 0.477 e. The van der Waals surface area contributed by atoms with Crippen molar-refractivity contribution in [2.45, 2.75) is 24.2 Å². The average molecular weight is 258 g/mol. The van der Waals surface area contributed by atoms with E-state index in [1.54, 1.807) is 0 Å². The number of carboxylic acid groups (broad SMARTS) is 1. The van der Waals surface area contributed by atoms with Gasteiger partial charge in [0.2, 0.25) is 10.0 Å². The lowest BCUT2D eigenvalue weighted by Gasteiger charge is -2.25. The summed E-state index contributed by atoms with van der Waals surface area (Å²) in [6.07, 6.45) is 3.98. The van der Waals surface area contributed by atoms with Gasteiger partial charge in [0.15, 0.2) is 0 Å². The van der Waals surface area contributed by atoms with Crippen molar-refractivity contribution in [3.05, 3.63) is 18.0 Å². The molecule has 1 saturated heterocycles. The fourth-order valence-corrected chi connectivity index (χ4v) is 3.41. The molecule has 1 aromatic rings. The van der Waals surface area contributed by atoms with E-state index >= 15 is 0 Å². The topological polar surface area (TPSA) is 90.5 Å². The number of aromatic nitrogens is 1. The van der Waals surface area contributed by atoms with Gasteiger partial charge in [0, 0.05) is 19.3 Å². The summed E-state index contributed by atoms with van der Waals surface area (Å²) in [6, 6.07) is 1.16. The summed E-state index contributed by atoms with van der Waals surface area (Å²) >= 11 is 0. The molecule has 0 saturated carbocycles. The molecule has 1 aliphatic rings. The Bertz CT molecular complexity index is 514. The molecule has 0 aromatic carbocycles. The van der Waals surface area contributed by atoms with Crippen molar-refractivity contribution in [2.24, 2.45) is 0 Å². The number of hydrogen-bond donors (Lipinski definition) is 2. The van der Waals surface area contributed by atoms with Crippen LogP contribution in [0.15, 0.2) is 17.2 Å². The smallest absolute Gasteiger partial charge is 0.352 e. The lowest BCUT2D eigenvalue weighted by atomic mass is 10.2. The summed E-state index contributed by atoms with van der Waals surface area (Å²) in [7, 11) is -3.54. The van der Waals surface area contributed by atoms with Crippen molar-refractivity contribution in [1.82, 2.24) is 9.29 Å². The molecule has 1 aromatic heterocycles. The number of hydrogen-bond acceptors (Lipinski definition) is 3. The molecule has 0 radical (unpaired) electrons. The first-order valence-corrected chi connectivity index (χ1v) is 6.87. The Kier molecular flexibility index (Phi) is 3.21. The molecule has 0 spiro atoms. The van der Waals surface area contributed by atoms with Gasteiger partial charge in [0.25, 0.3) is 0 Å². The summed E-state index contributed by atoms with van der Waals surface area (Å²) < 4.78 is 25.7. The number of nitrogens with one attached hydrogen (secondary N) is 1. The number of rotatable bonds is 3. The molecule has 94 valence electrons. The molecule has 7 heteroatoms. The third kappa shape index (κ3) is 2.34. The van der Waals surface area contributed by atoms with E-state index in [-0.39, 0.29) is 10.6 Å². The maximum atomic E-state index is 12.1. The number of sulfonamides is 1. The molecule has 0 bridgehead atoms. The van der Waals surface area contributed by atoms with Crippen molar-refractivity contribution in [3.63, 3.8) is 0 Å². The Morgan fingerprint density at radius 3 is 2.47 bits per heavy atom. The molecule has 0 atom stereocenters. The van der Waals surface area contributed by atoms with Gasteiger partial charge in [-0.3, -0.25) is 0 Å². The molecular weight excluding hydrogens is 244 g/mol. The number of H-pyrrole nitrogens is 1. The van der Waals surface area contributed by atoms with Crippen LogP contribution >= 0.6 is 0 Å². The molecule has 0 unspecified atom stereocenters. The minimum absolute atomic E-state index is 0.0248. The quantitative estimate of drug-likeness (QED) is 0.842. The fourth-order valence-electron chi connectivity index (χ4n) is 1.90. The van der Waals surface area contributed by atoms with Crippen LogP contribution < -0.4 is 0 Å². The van der Waals surface area contributed by atoms with Gasteiger partial charge < -0.3 is 10.1 Å². The first kappa shape index (κ1) is 12.1. The monoisotopic (exact) mass is 258 g/mol. The number of piperidine rings is 1. The highest BCUT2D eigenvalue weighted by atomic mass is 32.2. The van der Waals surface area contributed by atoms with E-state index in [4.69, 9.17) is 5.11 Å². The summed E-state index contributed by atoms with van der Waals surface area (Å²) in [4.78, 5) is 13.1. The molecule has 6 nitrogen and oxygen atoms in total. The zero-order valence-electron chi connectivity index (χ0n) is 9.22. The van der Waals surface area contributed by atoms with E-state index in [1.807, 2.05) is 0 Å². The van der Waals surface area contributed by atoms with Gasteiger partial charge in [0.05, 0.1) is 0 Å². The normalized spacial score (nSPS) is 18.1.